The lowest BCUT2D eigenvalue weighted by Crippen LogP contribution is -2.23. The van der Waals surface area contributed by atoms with E-state index in [1.807, 2.05) is 39.0 Å². The van der Waals surface area contributed by atoms with Crippen LogP contribution < -0.4 is 0 Å². The second kappa shape index (κ2) is 10.1. The molecule has 0 unspecified atom stereocenters. The number of hydrogen-bond donors (Lipinski definition) is 2. The second-order valence-corrected chi connectivity index (χ2v) is 8.26. The van der Waals surface area contributed by atoms with E-state index in [9.17, 15) is 9.59 Å². The molecule has 0 fully saturated rings. The number of Topliss-reactive ketones (excluding diaryl/α,β-unsaturated/α-hetero) is 1. The third kappa shape index (κ3) is 5.99. The van der Waals surface area contributed by atoms with Gasteiger partial charge in [-0.3, -0.25) is 4.79 Å². The van der Waals surface area contributed by atoms with Crippen molar-refractivity contribution in [3.8, 4) is 0 Å². The summed E-state index contributed by atoms with van der Waals surface area (Å²) in [4.78, 5) is 23.5. The molecule has 0 saturated heterocycles. The summed E-state index contributed by atoms with van der Waals surface area (Å²) in [7, 11) is 0. The maximum atomic E-state index is 12.4. The second-order valence-electron chi connectivity index (χ2n) is 8.26. The van der Waals surface area contributed by atoms with E-state index in [0.717, 1.165) is 41.6 Å². The van der Waals surface area contributed by atoms with Crippen LogP contribution in [0.4, 0.5) is 0 Å². The number of aromatic nitrogens is 3. The van der Waals surface area contributed by atoms with Crippen molar-refractivity contribution in [2.45, 2.75) is 60.3 Å². The van der Waals surface area contributed by atoms with Crippen molar-refractivity contribution in [2.75, 3.05) is 0 Å². The van der Waals surface area contributed by atoms with Crippen molar-refractivity contribution in [3.63, 3.8) is 0 Å². The third-order valence-electron chi connectivity index (χ3n) is 5.31. The first-order valence-electron chi connectivity index (χ1n) is 10.3. The summed E-state index contributed by atoms with van der Waals surface area (Å²) in [6, 6.07) is 0. The highest BCUT2D eigenvalue weighted by molar-refractivity contribution is 5.96. The Bertz CT molecular complexity index is 956. The quantitative estimate of drug-likeness (QED) is 0.557. The molecule has 0 spiro atoms. The predicted octanol–water partition coefficient (Wildman–Crippen LogP) is 5.45. The van der Waals surface area contributed by atoms with Crippen LogP contribution >= 0.6 is 0 Å². The fraction of sp³-hybridized carbons (Fsp3) is 0.417. The molecule has 0 amide bonds. The molecule has 2 N–H and O–H groups in total. The minimum atomic E-state index is -1.12. The van der Waals surface area contributed by atoms with E-state index in [0.29, 0.717) is 12.1 Å². The maximum Gasteiger partial charge on any atom is 0.358 e. The SMILES string of the molecule is CCC(=O)C1=C(/C=C/C(C)=C/C=C/C(C)=C/c2n[nH]nc2C(=O)O)C(C)(C)CCC1. The molecule has 160 valence electrons. The first kappa shape index (κ1) is 23.3. The molecule has 6 heteroatoms. The van der Waals surface area contributed by atoms with Gasteiger partial charge in [0, 0.05) is 6.42 Å². The third-order valence-corrected chi connectivity index (χ3v) is 5.31. The molecular weight excluding hydrogens is 378 g/mol. The molecule has 0 radical (unpaired) electrons. The van der Waals surface area contributed by atoms with Crippen LogP contribution in [0.5, 0.6) is 0 Å². The summed E-state index contributed by atoms with van der Waals surface area (Å²) < 4.78 is 0. The molecule has 2 rings (SSSR count). The fourth-order valence-corrected chi connectivity index (χ4v) is 3.60. The first-order chi connectivity index (χ1) is 14.2. The summed E-state index contributed by atoms with van der Waals surface area (Å²) in [6.07, 6.45) is 15.1. The number of carbonyl (C=O) groups is 2. The molecule has 30 heavy (non-hydrogen) atoms. The Morgan fingerprint density at radius 3 is 2.57 bits per heavy atom. The minimum Gasteiger partial charge on any atom is -0.476 e. The van der Waals surface area contributed by atoms with Gasteiger partial charge < -0.3 is 5.11 Å². The Hall–Kier alpha value is -3.02. The Labute approximate surface area is 178 Å². The van der Waals surface area contributed by atoms with Gasteiger partial charge in [0.05, 0.1) is 0 Å². The van der Waals surface area contributed by atoms with Gasteiger partial charge in [0.2, 0.25) is 0 Å². The van der Waals surface area contributed by atoms with E-state index in [2.05, 4.69) is 41.4 Å². The van der Waals surface area contributed by atoms with Gasteiger partial charge >= 0.3 is 5.97 Å². The number of allylic oxidation sites excluding steroid dienone is 9. The van der Waals surface area contributed by atoms with E-state index >= 15 is 0 Å². The number of nitrogens with zero attached hydrogens (tertiary/aromatic N) is 2. The fourth-order valence-electron chi connectivity index (χ4n) is 3.60. The number of carboxylic acids is 1. The van der Waals surface area contributed by atoms with Crippen LogP contribution in [-0.4, -0.2) is 32.3 Å². The molecule has 1 aromatic heterocycles. The normalized spacial score (nSPS) is 17.9. The smallest absolute Gasteiger partial charge is 0.358 e. The minimum absolute atomic E-state index is 0.00377. The van der Waals surface area contributed by atoms with Gasteiger partial charge in [0.25, 0.3) is 0 Å². The van der Waals surface area contributed by atoms with Crippen LogP contribution in [0.1, 0.15) is 76.5 Å². The molecule has 0 atom stereocenters. The summed E-state index contributed by atoms with van der Waals surface area (Å²) in [6.45, 7) is 10.2. The van der Waals surface area contributed by atoms with E-state index in [-0.39, 0.29) is 16.9 Å². The van der Waals surface area contributed by atoms with E-state index in [1.54, 1.807) is 6.08 Å². The van der Waals surface area contributed by atoms with Crippen LogP contribution in [-0.2, 0) is 4.79 Å². The zero-order valence-electron chi connectivity index (χ0n) is 18.5. The number of hydrogen-bond acceptors (Lipinski definition) is 4. The number of carboxylic acid groups (broad SMARTS) is 1. The molecule has 0 aliphatic heterocycles. The lowest BCUT2D eigenvalue weighted by atomic mass is 9.71. The molecular formula is C24H31N3O3. The number of carbonyl (C=O) groups excluding carboxylic acids is 1. The maximum absolute atomic E-state index is 12.4. The summed E-state index contributed by atoms with van der Waals surface area (Å²) in [5, 5.41) is 18.9. The Balaban J connectivity index is 2.16. The highest BCUT2D eigenvalue weighted by Gasteiger charge is 2.30. The van der Waals surface area contributed by atoms with Crippen molar-refractivity contribution >= 4 is 17.8 Å². The molecule has 0 bridgehead atoms. The first-order valence-corrected chi connectivity index (χ1v) is 10.3. The summed E-state index contributed by atoms with van der Waals surface area (Å²) in [5.41, 5.74) is 4.25. The number of rotatable bonds is 8. The lowest BCUT2D eigenvalue weighted by Gasteiger charge is -2.33. The molecule has 1 aliphatic rings. The standard InChI is InChI=1S/C24H31N3O3/c1-6-21(28)18-11-8-14-24(4,5)19(18)13-12-16(2)9-7-10-17(3)15-20-22(23(29)30)26-27-25-20/h7,9-10,12-13,15H,6,8,11,14H2,1-5H3,(H,29,30)(H,25,26,27)/b10-7+,13-12+,16-9+,17-15+. The van der Waals surface area contributed by atoms with Gasteiger partial charge in [-0.15, -0.1) is 5.10 Å². The zero-order chi connectivity index (χ0) is 22.3. The zero-order valence-corrected chi connectivity index (χ0v) is 18.5. The number of H-pyrrole nitrogens is 1. The van der Waals surface area contributed by atoms with Crippen LogP contribution in [0.3, 0.4) is 0 Å². The predicted molar refractivity (Wildman–Crippen MR) is 119 cm³/mol. The molecule has 0 saturated carbocycles. The van der Waals surface area contributed by atoms with Crippen molar-refractivity contribution in [2.24, 2.45) is 5.41 Å². The van der Waals surface area contributed by atoms with Crippen molar-refractivity contribution < 1.29 is 14.7 Å². The number of ketones is 1. The number of nitrogens with one attached hydrogen (secondary N) is 1. The van der Waals surface area contributed by atoms with Crippen LogP contribution in [0.25, 0.3) is 6.08 Å². The van der Waals surface area contributed by atoms with Crippen molar-refractivity contribution in [1.29, 1.82) is 0 Å². The van der Waals surface area contributed by atoms with Crippen molar-refractivity contribution in [1.82, 2.24) is 15.4 Å². The Morgan fingerprint density at radius 1 is 1.17 bits per heavy atom. The van der Waals surface area contributed by atoms with Gasteiger partial charge in [0.1, 0.15) is 5.69 Å². The van der Waals surface area contributed by atoms with E-state index in [4.69, 9.17) is 5.11 Å². The monoisotopic (exact) mass is 409 g/mol. The highest BCUT2D eigenvalue weighted by Crippen LogP contribution is 2.41. The molecule has 1 aliphatic carbocycles. The van der Waals surface area contributed by atoms with Gasteiger partial charge in [-0.05, 0) is 61.3 Å². The molecule has 0 aromatic carbocycles. The summed E-state index contributed by atoms with van der Waals surface area (Å²) in [5.74, 6) is -0.869. The number of aromatic amines is 1. The molecule has 1 heterocycles. The van der Waals surface area contributed by atoms with Crippen molar-refractivity contribution in [3.05, 3.63) is 64.1 Å². The Kier molecular flexibility index (Phi) is 7.86. The average Bonchev–Trinajstić information content (AvgIpc) is 3.14. The molecule has 1 aromatic rings. The lowest BCUT2D eigenvalue weighted by molar-refractivity contribution is -0.115. The van der Waals surface area contributed by atoms with Crippen LogP contribution in [0.2, 0.25) is 0 Å². The van der Waals surface area contributed by atoms with Gasteiger partial charge in [-0.25, -0.2) is 4.79 Å². The largest absolute Gasteiger partial charge is 0.476 e. The van der Waals surface area contributed by atoms with E-state index in [1.165, 1.54) is 0 Å². The topological polar surface area (TPSA) is 95.9 Å². The van der Waals surface area contributed by atoms with Crippen LogP contribution in [0.15, 0.2) is 52.7 Å². The van der Waals surface area contributed by atoms with E-state index < -0.39 is 5.97 Å². The van der Waals surface area contributed by atoms with Gasteiger partial charge in [-0.1, -0.05) is 56.7 Å². The van der Waals surface area contributed by atoms with Gasteiger partial charge in [0.15, 0.2) is 11.5 Å². The summed E-state index contributed by atoms with van der Waals surface area (Å²) >= 11 is 0. The average molecular weight is 410 g/mol. The van der Waals surface area contributed by atoms with Gasteiger partial charge in [-0.2, -0.15) is 10.3 Å². The van der Waals surface area contributed by atoms with Crippen LogP contribution in [0, 0.1) is 5.41 Å². The Morgan fingerprint density at radius 2 is 1.90 bits per heavy atom. The highest BCUT2D eigenvalue weighted by atomic mass is 16.4. The molecule has 6 nitrogen and oxygen atoms in total. The number of aromatic carboxylic acids is 1.